The standard InChI is InChI=1S/C7H9ClN2S/c8-2-1-3-9-4-7-5-10-6-11-7/h1-2,5-6,9H,3-4H2/b2-1+. The number of halogens is 1. The minimum absolute atomic E-state index is 0.807. The topological polar surface area (TPSA) is 24.9 Å². The predicted molar refractivity (Wildman–Crippen MR) is 48.8 cm³/mol. The van der Waals surface area contributed by atoms with E-state index in [2.05, 4.69) is 10.3 Å². The fourth-order valence-electron chi connectivity index (χ4n) is 0.653. The lowest BCUT2D eigenvalue weighted by Crippen LogP contribution is -2.11. The van der Waals surface area contributed by atoms with Crippen LogP contribution in [0.4, 0.5) is 0 Å². The molecule has 0 saturated carbocycles. The summed E-state index contributed by atoms with van der Waals surface area (Å²) < 4.78 is 0. The van der Waals surface area contributed by atoms with Crippen LogP contribution in [0.3, 0.4) is 0 Å². The van der Waals surface area contributed by atoms with E-state index >= 15 is 0 Å². The summed E-state index contributed by atoms with van der Waals surface area (Å²) in [7, 11) is 0. The zero-order valence-corrected chi connectivity index (χ0v) is 7.53. The van der Waals surface area contributed by atoms with Crippen molar-refractivity contribution in [3.8, 4) is 0 Å². The monoisotopic (exact) mass is 188 g/mol. The van der Waals surface area contributed by atoms with Gasteiger partial charge in [-0.05, 0) is 0 Å². The van der Waals surface area contributed by atoms with Gasteiger partial charge in [-0.2, -0.15) is 0 Å². The van der Waals surface area contributed by atoms with Crippen molar-refractivity contribution in [2.75, 3.05) is 6.54 Å². The van der Waals surface area contributed by atoms with Gasteiger partial charge in [0.05, 0.1) is 5.51 Å². The summed E-state index contributed by atoms with van der Waals surface area (Å²) in [5.74, 6) is 0. The fraction of sp³-hybridized carbons (Fsp3) is 0.286. The lowest BCUT2D eigenvalue weighted by Gasteiger charge is -1.95. The molecule has 1 rings (SSSR count). The molecule has 0 bridgehead atoms. The quantitative estimate of drug-likeness (QED) is 0.732. The Labute approximate surface area is 74.9 Å². The van der Waals surface area contributed by atoms with Crippen LogP contribution in [0.2, 0.25) is 0 Å². The largest absolute Gasteiger partial charge is 0.308 e. The van der Waals surface area contributed by atoms with Crippen LogP contribution in [-0.2, 0) is 6.54 Å². The zero-order valence-electron chi connectivity index (χ0n) is 5.96. The number of nitrogens with one attached hydrogen (secondary N) is 1. The summed E-state index contributed by atoms with van der Waals surface area (Å²) in [6, 6.07) is 0. The summed E-state index contributed by atoms with van der Waals surface area (Å²) in [5, 5.41) is 3.19. The molecule has 0 fully saturated rings. The Kier molecular flexibility index (Phi) is 4.19. The molecule has 11 heavy (non-hydrogen) atoms. The summed E-state index contributed by atoms with van der Waals surface area (Å²) in [6.45, 7) is 1.67. The molecule has 0 aliphatic heterocycles. The molecular formula is C7H9ClN2S. The van der Waals surface area contributed by atoms with Crippen LogP contribution < -0.4 is 5.32 Å². The van der Waals surface area contributed by atoms with Gasteiger partial charge in [0.1, 0.15) is 0 Å². The molecule has 0 spiro atoms. The Morgan fingerprint density at radius 2 is 2.64 bits per heavy atom. The van der Waals surface area contributed by atoms with E-state index in [0.29, 0.717) is 0 Å². The number of nitrogens with zero attached hydrogens (tertiary/aromatic N) is 1. The van der Waals surface area contributed by atoms with Crippen molar-refractivity contribution in [3.63, 3.8) is 0 Å². The molecule has 2 nitrogen and oxygen atoms in total. The first-order chi connectivity index (χ1) is 5.43. The van der Waals surface area contributed by atoms with Crippen LogP contribution in [0.15, 0.2) is 23.3 Å². The van der Waals surface area contributed by atoms with E-state index in [0.717, 1.165) is 13.1 Å². The van der Waals surface area contributed by atoms with E-state index in [1.165, 1.54) is 10.4 Å². The van der Waals surface area contributed by atoms with Gasteiger partial charge in [-0.3, -0.25) is 4.98 Å². The average Bonchev–Trinajstić information content (AvgIpc) is 2.50. The van der Waals surface area contributed by atoms with Gasteiger partial charge in [-0.1, -0.05) is 17.7 Å². The average molecular weight is 189 g/mol. The van der Waals surface area contributed by atoms with E-state index in [1.807, 2.05) is 17.8 Å². The second kappa shape index (κ2) is 5.29. The zero-order chi connectivity index (χ0) is 7.94. The lowest BCUT2D eigenvalue weighted by molar-refractivity contribution is 0.769. The SMILES string of the molecule is Cl/C=C/CNCc1cncs1. The van der Waals surface area contributed by atoms with Gasteiger partial charge in [-0.15, -0.1) is 11.3 Å². The number of hydrogen-bond donors (Lipinski definition) is 1. The summed E-state index contributed by atoms with van der Waals surface area (Å²) in [6.07, 6.45) is 3.73. The highest BCUT2D eigenvalue weighted by Crippen LogP contribution is 2.03. The summed E-state index contributed by atoms with van der Waals surface area (Å²) in [4.78, 5) is 5.20. The van der Waals surface area contributed by atoms with Gasteiger partial charge in [-0.25, -0.2) is 0 Å². The molecule has 0 aromatic carbocycles. The molecule has 1 aromatic heterocycles. The molecule has 0 aliphatic carbocycles. The minimum Gasteiger partial charge on any atom is -0.308 e. The molecule has 0 amide bonds. The first-order valence-electron chi connectivity index (χ1n) is 3.27. The maximum absolute atomic E-state index is 5.33. The second-order valence-corrected chi connectivity index (χ2v) is 3.18. The van der Waals surface area contributed by atoms with E-state index in [-0.39, 0.29) is 0 Å². The highest BCUT2D eigenvalue weighted by atomic mass is 35.5. The number of thiazole rings is 1. The molecule has 0 saturated heterocycles. The van der Waals surface area contributed by atoms with Gasteiger partial charge in [0.2, 0.25) is 0 Å². The Morgan fingerprint density at radius 3 is 3.27 bits per heavy atom. The molecule has 0 atom stereocenters. The second-order valence-electron chi connectivity index (χ2n) is 1.96. The number of hydrogen-bond acceptors (Lipinski definition) is 3. The molecule has 1 aromatic rings. The van der Waals surface area contributed by atoms with Crippen LogP contribution in [0.25, 0.3) is 0 Å². The third-order valence-corrected chi connectivity index (χ3v) is 2.09. The molecular weight excluding hydrogens is 180 g/mol. The Balaban J connectivity index is 2.14. The molecule has 0 unspecified atom stereocenters. The summed E-state index contributed by atoms with van der Waals surface area (Å²) >= 11 is 6.98. The number of aromatic nitrogens is 1. The van der Waals surface area contributed by atoms with Gasteiger partial charge < -0.3 is 5.32 Å². The highest BCUT2D eigenvalue weighted by Gasteiger charge is 1.90. The molecule has 60 valence electrons. The van der Waals surface area contributed by atoms with E-state index in [1.54, 1.807) is 11.3 Å². The molecule has 0 aliphatic rings. The maximum atomic E-state index is 5.33. The van der Waals surface area contributed by atoms with Crippen molar-refractivity contribution in [2.24, 2.45) is 0 Å². The van der Waals surface area contributed by atoms with Crippen molar-refractivity contribution < 1.29 is 0 Å². The minimum atomic E-state index is 0.807. The predicted octanol–water partition coefficient (Wildman–Crippen LogP) is 1.99. The third-order valence-electron chi connectivity index (χ3n) is 1.13. The van der Waals surface area contributed by atoms with E-state index < -0.39 is 0 Å². The van der Waals surface area contributed by atoms with Crippen molar-refractivity contribution >= 4 is 22.9 Å². The smallest absolute Gasteiger partial charge is 0.0794 e. The number of rotatable bonds is 4. The summed E-state index contributed by atoms with van der Waals surface area (Å²) in [5.41, 5.74) is 3.34. The first-order valence-corrected chi connectivity index (χ1v) is 4.58. The van der Waals surface area contributed by atoms with Crippen molar-refractivity contribution in [1.29, 1.82) is 0 Å². The molecule has 0 radical (unpaired) electrons. The molecule has 4 heteroatoms. The van der Waals surface area contributed by atoms with Gasteiger partial charge >= 0.3 is 0 Å². The van der Waals surface area contributed by atoms with Crippen molar-refractivity contribution in [3.05, 3.63) is 28.2 Å². The first kappa shape index (κ1) is 8.71. The van der Waals surface area contributed by atoms with Gasteiger partial charge in [0.25, 0.3) is 0 Å². The Hall–Kier alpha value is -0.380. The van der Waals surface area contributed by atoms with E-state index in [9.17, 15) is 0 Å². The lowest BCUT2D eigenvalue weighted by atomic mass is 10.5. The van der Waals surface area contributed by atoms with E-state index in [4.69, 9.17) is 11.6 Å². The van der Waals surface area contributed by atoms with Crippen LogP contribution in [0.5, 0.6) is 0 Å². The highest BCUT2D eigenvalue weighted by molar-refractivity contribution is 7.09. The van der Waals surface area contributed by atoms with Gasteiger partial charge in [0, 0.05) is 29.7 Å². The van der Waals surface area contributed by atoms with Crippen molar-refractivity contribution in [2.45, 2.75) is 6.54 Å². The van der Waals surface area contributed by atoms with Crippen LogP contribution in [-0.4, -0.2) is 11.5 Å². The fourth-order valence-corrected chi connectivity index (χ4v) is 1.31. The van der Waals surface area contributed by atoms with Crippen LogP contribution in [0.1, 0.15) is 4.88 Å². The maximum Gasteiger partial charge on any atom is 0.0794 e. The van der Waals surface area contributed by atoms with Gasteiger partial charge in [0.15, 0.2) is 0 Å². The Morgan fingerprint density at radius 1 is 1.73 bits per heavy atom. The van der Waals surface area contributed by atoms with Crippen LogP contribution >= 0.6 is 22.9 Å². The molecule has 1 N–H and O–H groups in total. The normalized spacial score (nSPS) is 11.0. The van der Waals surface area contributed by atoms with Crippen molar-refractivity contribution in [1.82, 2.24) is 10.3 Å². The third kappa shape index (κ3) is 3.51. The van der Waals surface area contributed by atoms with Crippen LogP contribution in [0, 0.1) is 0 Å². The molecule has 1 heterocycles. The Bertz CT molecular complexity index is 208.